The third-order valence-corrected chi connectivity index (χ3v) is 1.36. The highest BCUT2D eigenvalue weighted by Crippen LogP contribution is 1.95. The standard InChI is InChI=1S/C11H14BNO/c1-4-6-8-10(7-5-2)13-11(14)9(3)12/h4-8H,3H2,1-2H3,(H,13,14)/b6-4-,7-5-,10-8+. The van der Waals surface area contributed by atoms with E-state index in [-0.39, 0.29) is 11.4 Å². The predicted molar refractivity (Wildman–Crippen MR) is 60.7 cm³/mol. The summed E-state index contributed by atoms with van der Waals surface area (Å²) < 4.78 is 0. The number of carbonyl (C=O) groups excluding carboxylic acids is 1. The van der Waals surface area contributed by atoms with Crippen molar-refractivity contribution in [3.05, 3.63) is 48.1 Å². The second kappa shape index (κ2) is 6.95. The Hall–Kier alpha value is -1.51. The number of carbonyl (C=O) groups is 1. The van der Waals surface area contributed by atoms with Gasteiger partial charge >= 0.3 is 0 Å². The van der Waals surface area contributed by atoms with Gasteiger partial charge < -0.3 is 5.32 Å². The van der Waals surface area contributed by atoms with Crippen LogP contribution in [0.25, 0.3) is 0 Å². The third-order valence-electron chi connectivity index (χ3n) is 1.36. The molecule has 0 atom stereocenters. The highest BCUT2D eigenvalue weighted by molar-refractivity contribution is 6.36. The molecule has 0 aliphatic rings. The van der Waals surface area contributed by atoms with Crippen LogP contribution in [0.15, 0.2) is 48.1 Å². The number of hydrogen-bond donors (Lipinski definition) is 1. The lowest BCUT2D eigenvalue weighted by atomic mass is 9.97. The number of nitrogens with one attached hydrogen (secondary N) is 1. The van der Waals surface area contributed by atoms with Crippen LogP contribution in [0, 0.1) is 0 Å². The van der Waals surface area contributed by atoms with E-state index in [1.807, 2.05) is 32.1 Å². The molecule has 14 heavy (non-hydrogen) atoms. The molecule has 0 saturated carbocycles. The lowest BCUT2D eigenvalue weighted by Crippen LogP contribution is -2.23. The Morgan fingerprint density at radius 3 is 2.43 bits per heavy atom. The molecule has 0 spiro atoms. The van der Waals surface area contributed by atoms with E-state index in [4.69, 9.17) is 7.85 Å². The van der Waals surface area contributed by atoms with Crippen LogP contribution >= 0.6 is 0 Å². The molecule has 0 rings (SSSR count). The van der Waals surface area contributed by atoms with E-state index in [0.29, 0.717) is 5.70 Å². The second-order valence-electron chi connectivity index (χ2n) is 2.63. The first kappa shape index (κ1) is 12.5. The van der Waals surface area contributed by atoms with Gasteiger partial charge in [0.2, 0.25) is 5.91 Å². The molecule has 0 bridgehead atoms. The topological polar surface area (TPSA) is 29.1 Å². The SMILES string of the molecule is [B]C(=C)C(=O)NC(/C=C\C)=C/C=C\C. The van der Waals surface area contributed by atoms with Gasteiger partial charge in [-0.3, -0.25) is 4.79 Å². The Morgan fingerprint density at radius 2 is 2.00 bits per heavy atom. The maximum Gasteiger partial charge on any atom is 0.240 e. The molecule has 2 nitrogen and oxygen atoms in total. The zero-order chi connectivity index (χ0) is 11.0. The summed E-state index contributed by atoms with van der Waals surface area (Å²) in [5, 5.41) is 2.61. The summed E-state index contributed by atoms with van der Waals surface area (Å²) in [4.78, 5) is 11.2. The molecule has 1 amide bonds. The maximum absolute atomic E-state index is 11.2. The summed E-state index contributed by atoms with van der Waals surface area (Å²) in [5.74, 6) is -0.376. The molecule has 0 aromatic carbocycles. The first-order valence-electron chi connectivity index (χ1n) is 4.33. The van der Waals surface area contributed by atoms with E-state index in [1.54, 1.807) is 12.2 Å². The average Bonchev–Trinajstić information content (AvgIpc) is 2.14. The van der Waals surface area contributed by atoms with Crippen LogP contribution in [0.1, 0.15) is 13.8 Å². The molecule has 0 aliphatic carbocycles. The number of amides is 1. The molecule has 0 heterocycles. The molecule has 0 aliphatic heterocycles. The van der Waals surface area contributed by atoms with E-state index in [0.717, 1.165) is 0 Å². The zero-order valence-electron chi connectivity index (χ0n) is 8.58. The van der Waals surface area contributed by atoms with Crippen molar-refractivity contribution in [2.45, 2.75) is 13.8 Å². The van der Waals surface area contributed by atoms with Crippen molar-refractivity contribution in [1.29, 1.82) is 0 Å². The first-order valence-corrected chi connectivity index (χ1v) is 4.33. The zero-order valence-corrected chi connectivity index (χ0v) is 8.58. The Labute approximate surface area is 86.5 Å². The van der Waals surface area contributed by atoms with Crippen LogP contribution in [0.4, 0.5) is 0 Å². The summed E-state index contributed by atoms with van der Waals surface area (Å²) in [7, 11) is 5.23. The Balaban J connectivity index is 4.53. The fourth-order valence-corrected chi connectivity index (χ4v) is 0.730. The van der Waals surface area contributed by atoms with Gasteiger partial charge in [0, 0.05) is 5.70 Å². The molecule has 1 N–H and O–H groups in total. The van der Waals surface area contributed by atoms with Gasteiger partial charge in [-0.15, -0.1) is 6.58 Å². The van der Waals surface area contributed by atoms with E-state index < -0.39 is 0 Å². The molecule has 3 heteroatoms. The van der Waals surface area contributed by atoms with Crippen molar-refractivity contribution in [2.24, 2.45) is 0 Å². The van der Waals surface area contributed by atoms with Gasteiger partial charge in [0.15, 0.2) is 0 Å². The van der Waals surface area contributed by atoms with Gasteiger partial charge in [-0.2, -0.15) is 0 Å². The quantitative estimate of drug-likeness (QED) is 0.406. The molecule has 0 aromatic heterocycles. The minimum atomic E-state index is -0.376. The van der Waals surface area contributed by atoms with Gasteiger partial charge in [-0.25, -0.2) is 0 Å². The fraction of sp³-hybridized carbons (Fsp3) is 0.182. The van der Waals surface area contributed by atoms with Gasteiger partial charge in [0.25, 0.3) is 0 Å². The van der Waals surface area contributed by atoms with E-state index in [1.165, 1.54) is 0 Å². The van der Waals surface area contributed by atoms with Crippen LogP contribution in [0.2, 0.25) is 0 Å². The number of rotatable bonds is 4. The highest BCUT2D eigenvalue weighted by atomic mass is 16.1. The molecule has 0 fully saturated rings. The first-order chi connectivity index (χ1) is 6.61. The minimum absolute atomic E-state index is 0.000816. The van der Waals surface area contributed by atoms with Crippen LogP contribution in [-0.4, -0.2) is 13.8 Å². The normalized spacial score (nSPS) is 12.3. The van der Waals surface area contributed by atoms with Gasteiger partial charge in [0.1, 0.15) is 7.85 Å². The Kier molecular flexibility index (Phi) is 6.20. The van der Waals surface area contributed by atoms with Crippen molar-refractivity contribution in [3.8, 4) is 0 Å². The molecule has 0 unspecified atom stereocenters. The Bertz CT molecular complexity index is 300. The predicted octanol–water partition coefficient (Wildman–Crippen LogP) is 1.82. The average molecular weight is 187 g/mol. The van der Waals surface area contributed by atoms with Crippen LogP contribution in [-0.2, 0) is 4.79 Å². The van der Waals surface area contributed by atoms with Crippen LogP contribution in [0.3, 0.4) is 0 Å². The third kappa shape index (κ3) is 5.20. The summed E-state index contributed by atoms with van der Waals surface area (Å²) >= 11 is 0. The maximum atomic E-state index is 11.2. The van der Waals surface area contributed by atoms with Crippen molar-refractivity contribution >= 4 is 13.8 Å². The van der Waals surface area contributed by atoms with Crippen molar-refractivity contribution in [2.75, 3.05) is 0 Å². The molecular weight excluding hydrogens is 173 g/mol. The molecule has 2 radical (unpaired) electrons. The van der Waals surface area contributed by atoms with Gasteiger partial charge in [0.05, 0.1) is 0 Å². The summed E-state index contributed by atoms with van der Waals surface area (Å²) in [6.07, 6.45) is 9.08. The summed E-state index contributed by atoms with van der Waals surface area (Å²) in [6.45, 7) is 7.11. The number of hydrogen-bond acceptors (Lipinski definition) is 1. The Morgan fingerprint density at radius 1 is 1.36 bits per heavy atom. The van der Waals surface area contributed by atoms with E-state index in [2.05, 4.69) is 11.9 Å². The molecule has 72 valence electrons. The van der Waals surface area contributed by atoms with Gasteiger partial charge in [-0.1, -0.05) is 18.2 Å². The molecular formula is C11H14BNO. The van der Waals surface area contributed by atoms with Crippen LogP contribution < -0.4 is 5.32 Å². The van der Waals surface area contributed by atoms with Crippen molar-refractivity contribution in [1.82, 2.24) is 5.32 Å². The summed E-state index contributed by atoms with van der Waals surface area (Å²) in [6, 6.07) is 0. The van der Waals surface area contributed by atoms with Gasteiger partial charge in [-0.05, 0) is 31.5 Å². The minimum Gasteiger partial charge on any atom is -0.323 e. The largest absolute Gasteiger partial charge is 0.323 e. The smallest absolute Gasteiger partial charge is 0.240 e. The lowest BCUT2D eigenvalue weighted by Gasteiger charge is -2.04. The van der Waals surface area contributed by atoms with Crippen molar-refractivity contribution < 1.29 is 4.79 Å². The van der Waals surface area contributed by atoms with Crippen LogP contribution in [0.5, 0.6) is 0 Å². The lowest BCUT2D eigenvalue weighted by molar-refractivity contribution is -0.116. The fourth-order valence-electron chi connectivity index (χ4n) is 0.730. The van der Waals surface area contributed by atoms with E-state index >= 15 is 0 Å². The van der Waals surface area contributed by atoms with Crippen molar-refractivity contribution in [3.63, 3.8) is 0 Å². The monoisotopic (exact) mass is 187 g/mol. The second-order valence-corrected chi connectivity index (χ2v) is 2.63. The molecule has 0 saturated heterocycles. The highest BCUT2D eigenvalue weighted by Gasteiger charge is 2.00. The summed E-state index contributed by atoms with van der Waals surface area (Å²) in [5.41, 5.74) is 0.683. The van der Waals surface area contributed by atoms with E-state index in [9.17, 15) is 4.79 Å². The number of allylic oxidation sites excluding steroid dienone is 5. The molecule has 0 aromatic rings.